The maximum Gasteiger partial charge on any atom is 0.342 e. The van der Waals surface area contributed by atoms with E-state index in [1.54, 1.807) is 0 Å². The molecule has 0 radical (unpaired) electrons. The minimum absolute atomic E-state index is 0.0186. The minimum atomic E-state index is -0.626. The van der Waals surface area contributed by atoms with Crippen LogP contribution in [0.4, 0.5) is 0 Å². The molecule has 0 fully saturated rings. The normalized spacial score (nSPS) is 27.4. The van der Waals surface area contributed by atoms with Gasteiger partial charge in [-0.1, -0.05) is 26.7 Å². The van der Waals surface area contributed by atoms with E-state index in [0.29, 0.717) is 28.7 Å². The van der Waals surface area contributed by atoms with Gasteiger partial charge in [-0.25, -0.2) is 19.2 Å². The van der Waals surface area contributed by atoms with Crippen LogP contribution in [0.2, 0.25) is 0 Å². The molecule has 2 atom stereocenters. The van der Waals surface area contributed by atoms with Crippen LogP contribution in [0.25, 0.3) is 0 Å². The molecule has 2 heterocycles. The lowest BCUT2D eigenvalue weighted by molar-refractivity contribution is -0.153. The van der Waals surface area contributed by atoms with Crippen molar-refractivity contribution < 1.29 is 28.7 Å². The summed E-state index contributed by atoms with van der Waals surface area (Å²) in [5.41, 5.74) is 1.57. The molecule has 24 heavy (non-hydrogen) atoms. The predicted molar refractivity (Wildman–Crippen MR) is 82.3 cm³/mol. The molecule has 128 valence electrons. The van der Waals surface area contributed by atoms with Crippen LogP contribution in [0.1, 0.15) is 52.4 Å². The summed E-state index contributed by atoms with van der Waals surface area (Å²) in [6.45, 7) is 4.00. The molecule has 0 unspecified atom stereocenters. The number of rotatable bonds is 3. The Morgan fingerprint density at radius 3 is 2.08 bits per heavy atom. The highest BCUT2D eigenvalue weighted by atomic mass is 16.6. The first kappa shape index (κ1) is 16.6. The van der Waals surface area contributed by atoms with E-state index >= 15 is 0 Å². The van der Waals surface area contributed by atoms with Gasteiger partial charge in [-0.2, -0.15) is 0 Å². The summed E-state index contributed by atoms with van der Waals surface area (Å²) in [5.74, 6) is -2.56. The third-order valence-electron chi connectivity index (χ3n) is 5.17. The summed E-state index contributed by atoms with van der Waals surface area (Å²) < 4.78 is 9.59. The molecule has 0 spiro atoms. The van der Waals surface area contributed by atoms with Crippen LogP contribution >= 0.6 is 0 Å². The second-order valence-corrected chi connectivity index (χ2v) is 6.47. The highest BCUT2D eigenvalue weighted by Crippen LogP contribution is 2.42. The quantitative estimate of drug-likeness (QED) is 0.582. The average Bonchev–Trinajstić information content (AvgIpc) is 2.98. The van der Waals surface area contributed by atoms with E-state index in [0.717, 1.165) is 19.3 Å². The third-order valence-corrected chi connectivity index (χ3v) is 5.17. The molecular weight excluding hydrogens is 312 g/mol. The van der Waals surface area contributed by atoms with Crippen molar-refractivity contribution in [2.45, 2.75) is 52.4 Å². The zero-order valence-electron chi connectivity index (χ0n) is 13.8. The second-order valence-electron chi connectivity index (χ2n) is 6.47. The smallest absolute Gasteiger partial charge is 0.342 e. The Morgan fingerprint density at radius 2 is 1.42 bits per heavy atom. The van der Waals surface area contributed by atoms with Crippen LogP contribution in [-0.2, 0) is 28.7 Å². The molecule has 3 aliphatic rings. The number of esters is 4. The lowest BCUT2D eigenvalue weighted by atomic mass is 9.76. The summed E-state index contributed by atoms with van der Waals surface area (Å²) in [5, 5.41) is 0. The molecular formula is C18H20O6. The van der Waals surface area contributed by atoms with Gasteiger partial charge in [-0.15, -0.1) is 0 Å². The highest BCUT2D eigenvalue weighted by Gasteiger charge is 2.43. The van der Waals surface area contributed by atoms with Gasteiger partial charge in [0.1, 0.15) is 0 Å². The van der Waals surface area contributed by atoms with Gasteiger partial charge in [0.25, 0.3) is 0 Å². The second kappa shape index (κ2) is 6.34. The van der Waals surface area contributed by atoms with E-state index < -0.39 is 23.9 Å². The molecule has 6 heteroatoms. The van der Waals surface area contributed by atoms with Gasteiger partial charge in [-0.05, 0) is 37.5 Å². The van der Waals surface area contributed by atoms with Crippen LogP contribution in [-0.4, -0.2) is 23.9 Å². The predicted octanol–water partition coefficient (Wildman–Crippen LogP) is 2.37. The van der Waals surface area contributed by atoms with Crippen molar-refractivity contribution in [3.63, 3.8) is 0 Å². The Morgan fingerprint density at radius 1 is 0.833 bits per heavy atom. The number of hydrogen-bond acceptors (Lipinski definition) is 6. The zero-order chi connectivity index (χ0) is 17.4. The van der Waals surface area contributed by atoms with Crippen molar-refractivity contribution in [2.75, 3.05) is 0 Å². The Labute approximate surface area is 139 Å². The number of hydrogen-bond donors (Lipinski definition) is 0. The molecule has 0 aromatic carbocycles. The summed E-state index contributed by atoms with van der Waals surface area (Å²) in [6.07, 6.45) is 3.12. The molecule has 1 aliphatic carbocycles. The Balaban J connectivity index is 2.10. The Bertz CT molecular complexity index is 696. The molecule has 0 amide bonds. The standard InChI is InChI=1S/C18H20O6/c1-3-5-10-9(4-2)8-13-11(15(19)23-17(13)21)6-7-12-14(10)18(22)24-16(12)20/h9-10H,3-8H2,1-2H3/t9-,10+/m0/s1. The summed E-state index contributed by atoms with van der Waals surface area (Å²) >= 11 is 0. The Kier molecular flexibility index (Phi) is 4.39. The molecule has 0 saturated carbocycles. The minimum Gasteiger partial charge on any atom is -0.386 e. The van der Waals surface area contributed by atoms with Crippen molar-refractivity contribution in [3.05, 3.63) is 22.3 Å². The lowest BCUT2D eigenvalue weighted by Gasteiger charge is -2.26. The molecule has 2 aliphatic heterocycles. The van der Waals surface area contributed by atoms with Gasteiger partial charge >= 0.3 is 23.9 Å². The average molecular weight is 332 g/mol. The van der Waals surface area contributed by atoms with Crippen molar-refractivity contribution >= 4 is 23.9 Å². The van der Waals surface area contributed by atoms with Crippen molar-refractivity contribution in [1.82, 2.24) is 0 Å². The van der Waals surface area contributed by atoms with Crippen molar-refractivity contribution in [3.8, 4) is 0 Å². The van der Waals surface area contributed by atoms with E-state index in [4.69, 9.17) is 9.47 Å². The van der Waals surface area contributed by atoms with E-state index in [2.05, 4.69) is 0 Å². The molecule has 0 N–H and O–H groups in total. The number of carbonyl (C=O) groups is 4. The molecule has 0 saturated heterocycles. The fourth-order valence-electron chi connectivity index (χ4n) is 3.97. The maximum absolute atomic E-state index is 12.2. The van der Waals surface area contributed by atoms with Crippen LogP contribution in [0.15, 0.2) is 22.3 Å². The number of cyclic esters (lactones) is 4. The SMILES string of the molecule is CCC[C@H]1C2=C(CCC3=C(C[C@@H]1CC)C(=O)OC3=O)C(=O)OC2=O. The molecule has 6 nitrogen and oxygen atoms in total. The monoisotopic (exact) mass is 332 g/mol. The van der Waals surface area contributed by atoms with Gasteiger partial charge in [0.05, 0.1) is 5.57 Å². The van der Waals surface area contributed by atoms with Crippen LogP contribution in [0, 0.1) is 11.8 Å². The number of carbonyl (C=O) groups excluding carboxylic acids is 4. The molecule has 3 rings (SSSR count). The summed E-state index contributed by atoms with van der Waals surface area (Å²) in [7, 11) is 0. The third kappa shape index (κ3) is 2.60. The summed E-state index contributed by atoms with van der Waals surface area (Å²) in [6, 6.07) is 0. The van der Waals surface area contributed by atoms with E-state index in [9.17, 15) is 19.2 Å². The fraction of sp³-hybridized carbons (Fsp3) is 0.556. The lowest BCUT2D eigenvalue weighted by Crippen LogP contribution is -2.22. The van der Waals surface area contributed by atoms with Gasteiger partial charge in [0, 0.05) is 16.7 Å². The first-order valence-electron chi connectivity index (χ1n) is 8.45. The molecule has 0 aromatic rings. The first-order valence-corrected chi connectivity index (χ1v) is 8.45. The van der Waals surface area contributed by atoms with E-state index in [1.165, 1.54) is 0 Å². The maximum atomic E-state index is 12.2. The highest BCUT2D eigenvalue weighted by molar-refractivity contribution is 6.14. The first-order chi connectivity index (χ1) is 11.5. The van der Waals surface area contributed by atoms with Gasteiger partial charge in [0.2, 0.25) is 0 Å². The van der Waals surface area contributed by atoms with E-state index in [-0.39, 0.29) is 24.7 Å². The summed E-state index contributed by atoms with van der Waals surface area (Å²) in [4.78, 5) is 48.3. The van der Waals surface area contributed by atoms with Crippen LogP contribution in [0.5, 0.6) is 0 Å². The van der Waals surface area contributed by atoms with Crippen LogP contribution < -0.4 is 0 Å². The van der Waals surface area contributed by atoms with Gasteiger partial charge in [-0.3, -0.25) is 0 Å². The fourth-order valence-corrected chi connectivity index (χ4v) is 3.97. The Hall–Kier alpha value is -2.24. The van der Waals surface area contributed by atoms with Gasteiger partial charge < -0.3 is 9.47 Å². The largest absolute Gasteiger partial charge is 0.386 e. The van der Waals surface area contributed by atoms with Crippen molar-refractivity contribution in [1.29, 1.82) is 0 Å². The van der Waals surface area contributed by atoms with E-state index in [1.807, 2.05) is 13.8 Å². The topological polar surface area (TPSA) is 86.7 Å². The van der Waals surface area contributed by atoms with Crippen molar-refractivity contribution in [2.24, 2.45) is 11.8 Å². The molecule has 0 bridgehead atoms. The number of ether oxygens (including phenoxy) is 2. The van der Waals surface area contributed by atoms with Crippen LogP contribution in [0.3, 0.4) is 0 Å². The van der Waals surface area contributed by atoms with Gasteiger partial charge in [0.15, 0.2) is 0 Å². The molecule has 0 aromatic heterocycles. The zero-order valence-corrected chi connectivity index (χ0v) is 13.8.